The highest BCUT2D eigenvalue weighted by atomic mass is 16.5. The number of aryl methyl sites for hydroxylation is 1. The summed E-state index contributed by atoms with van der Waals surface area (Å²) >= 11 is 0. The third kappa shape index (κ3) is 1.42. The van der Waals surface area contributed by atoms with E-state index in [1.807, 2.05) is 24.9 Å². The molecule has 0 radical (unpaired) electrons. The van der Waals surface area contributed by atoms with E-state index in [4.69, 9.17) is 0 Å². The van der Waals surface area contributed by atoms with Crippen LogP contribution in [0.5, 0.6) is 0 Å². The summed E-state index contributed by atoms with van der Waals surface area (Å²) in [7, 11) is 3.49. The van der Waals surface area contributed by atoms with E-state index in [9.17, 15) is 10.0 Å². The van der Waals surface area contributed by atoms with Gasteiger partial charge < -0.3 is 14.8 Å². The minimum atomic E-state index is -0.397. The van der Waals surface area contributed by atoms with Crippen LogP contribution in [0.3, 0.4) is 0 Å². The van der Waals surface area contributed by atoms with E-state index in [-0.39, 0.29) is 0 Å². The van der Waals surface area contributed by atoms with Crippen LogP contribution in [0.2, 0.25) is 0 Å². The van der Waals surface area contributed by atoms with Crippen LogP contribution in [0, 0.1) is 12.1 Å². The number of carbonyl (C=O) groups excluding carboxylic acids is 1. The van der Waals surface area contributed by atoms with Crippen molar-refractivity contribution < 1.29 is 4.79 Å². The van der Waals surface area contributed by atoms with Crippen LogP contribution in [0.1, 0.15) is 15.9 Å². The number of hydrogen-bond acceptors (Lipinski definition) is 3. The van der Waals surface area contributed by atoms with E-state index in [0.29, 0.717) is 12.2 Å². The molecular weight excluding hydrogens is 192 g/mol. The van der Waals surface area contributed by atoms with Crippen LogP contribution >= 0.6 is 0 Å². The molecule has 0 saturated carbocycles. The van der Waals surface area contributed by atoms with Gasteiger partial charge in [-0.25, -0.2) is 0 Å². The zero-order valence-electron chi connectivity index (χ0n) is 9.15. The van der Waals surface area contributed by atoms with Crippen LogP contribution in [0.25, 0.3) is 0 Å². The predicted molar refractivity (Wildman–Crippen MR) is 60.9 cm³/mol. The van der Waals surface area contributed by atoms with Gasteiger partial charge in [0.1, 0.15) is 12.0 Å². The van der Waals surface area contributed by atoms with Gasteiger partial charge in [-0.1, -0.05) is 0 Å². The average molecular weight is 206 g/mol. The monoisotopic (exact) mass is 206 g/mol. The zero-order valence-corrected chi connectivity index (χ0v) is 9.15. The molecule has 0 amide bonds. The van der Waals surface area contributed by atoms with Gasteiger partial charge >= 0.3 is 0 Å². The van der Waals surface area contributed by atoms with E-state index in [1.54, 1.807) is 13.1 Å². The van der Waals surface area contributed by atoms with E-state index in [1.165, 1.54) is 0 Å². The van der Waals surface area contributed by atoms with Crippen molar-refractivity contribution in [2.45, 2.75) is 6.92 Å². The maximum Gasteiger partial charge on any atom is 0.158 e. The summed E-state index contributed by atoms with van der Waals surface area (Å²) in [4.78, 5) is 12.7. The van der Waals surface area contributed by atoms with Crippen LogP contribution in [0.4, 0.5) is 11.4 Å². The smallest absolute Gasteiger partial charge is 0.158 e. The lowest BCUT2D eigenvalue weighted by Gasteiger charge is -2.33. The molecule has 0 aromatic heterocycles. The van der Waals surface area contributed by atoms with Crippen molar-refractivity contribution in [1.29, 1.82) is 0 Å². The van der Waals surface area contributed by atoms with Crippen LogP contribution in [0.15, 0.2) is 12.1 Å². The number of hydrogen-bond donors (Lipinski definition) is 0. The van der Waals surface area contributed by atoms with Gasteiger partial charge in [0.2, 0.25) is 0 Å². The van der Waals surface area contributed by atoms with Gasteiger partial charge in [-0.15, -0.1) is 0 Å². The number of fused-ring (bicyclic) bond motifs is 1. The number of benzene rings is 1. The van der Waals surface area contributed by atoms with Crippen LogP contribution in [-0.4, -0.2) is 27.1 Å². The minimum absolute atomic E-state index is 0.397. The molecule has 0 saturated heterocycles. The second-order valence-electron chi connectivity index (χ2n) is 4.26. The molecule has 4 nitrogen and oxygen atoms in total. The number of anilines is 1. The Kier molecular flexibility index (Phi) is 2.06. The lowest BCUT2D eigenvalue weighted by atomic mass is 10.1. The quantitative estimate of drug-likeness (QED) is 0.398. The van der Waals surface area contributed by atoms with Crippen molar-refractivity contribution in [1.82, 2.24) is 4.65 Å². The molecule has 1 aliphatic heterocycles. The summed E-state index contributed by atoms with van der Waals surface area (Å²) < 4.78 is -0.397. The molecular formula is C11H14N2O2. The van der Waals surface area contributed by atoms with Crippen LogP contribution < -0.4 is 9.55 Å². The molecule has 1 aromatic rings. The van der Waals surface area contributed by atoms with Crippen molar-refractivity contribution in [2.75, 3.05) is 25.7 Å². The summed E-state index contributed by atoms with van der Waals surface area (Å²) in [5.41, 5.74) is 3.11. The molecule has 1 heterocycles. The molecule has 0 bridgehead atoms. The molecule has 1 atom stereocenters. The fourth-order valence-corrected chi connectivity index (χ4v) is 2.07. The summed E-state index contributed by atoms with van der Waals surface area (Å²) in [6, 6.07) is 3.61. The Labute approximate surface area is 88.9 Å². The second-order valence-corrected chi connectivity index (χ2v) is 4.26. The highest BCUT2D eigenvalue weighted by Gasteiger charge is 2.31. The first kappa shape index (κ1) is 10.1. The lowest BCUT2D eigenvalue weighted by Crippen LogP contribution is -2.40. The summed E-state index contributed by atoms with van der Waals surface area (Å²) in [5.74, 6) is 0. The van der Waals surface area contributed by atoms with Gasteiger partial charge in [0, 0.05) is 18.7 Å². The molecule has 0 spiro atoms. The van der Waals surface area contributed by atoms with Crippen molar-refractivity contribution in [3.63, 3.8) is 0 Å². The second kappa shape index (κ2) is 3.05. The average Bonchev–Trinajstić information content (AvgIpc) is 2.36. The molecule has 4 heteroatoms. The van der Waals surface area contributed by atoms with Crippen molar-refractivity contribution >= 4 is 17.7 Å². The van der Waals surface area contributed by atoms with Crippen molar-refractivity contribution in [2.24, 2.45) is 0 Å². The first-order valence-electron chi connectivity index (χ1n) is 4.84. The van der Waals surface area contributed by atoms with E-state index < -0.39 is 4.65 Å². The Balaban J connectivity index is 2.65. The van der Waals surface area contributed by atoms with Crippen molar-refractivity contribution in [3.8, 4) is 0 Å². The normalized spacial score (nSPS) is 24.1. The molecule has 1 aromatic carbocycles. The molecule has 0 aliphatic carbocycles. The van der Waals surface area contributed by atoms with Gasteiger partial charge in [0.05, 0.1) is 7.05 Å². The zero-order chi connectivity index (χ0) is 11.2. The van der Waals surface area contributed by atoms with E-state index >= 15 is 0 Å². The Bertz CT molecular complexity index is 427. The van der Waals surface area contributed by atoms with Gasteiger partial charge in [0.25, 0.3) is 0 Å². The molecule has 15 heavy (non-hydrogen) atoms. The highest BCUT2D eigenvalue weighted by Crippen LogP contribution is 2.40. The van der Waals surface area contributed by atoms with Crippen LogP contribution in [-0.2, 0) is 0 Å². The SMILES string of the molecule is Cc1cc2c(cc1C=O)N(C)C[N+]2(C)[O-]. The van der Waals surface area contributed by atoms with Crippen molar-refractivity contribution in [3.05, 3.63) is 28.5 Å². The summed E-state index contributed by atoms with van der Waals surface area (Å²) in [6.07, 6.45) is 0.830. The molecule has 2 rings (SSSR count). The van der Waals surface area contributed by atoms with Gasteiger partial charge in [0.15, 0.2) is 12.4 Å². The van der Waals surface area contributed by atoms with E-state index in [2.05, 4.69) is 0 Å². The summed E-state index contributed by atoms with van der Waals surface area (Å²) in [6.45, 7) is 2.25. The number of nitrogens with zero attached hydrogens (tertiary/aromatic N) is 2. The molecule has 80 valence electrons. The van der Waals surface area contributed by atoms with Gasteiger partial charge in [-0.05, 0) is 18.6 Å². The number of carbonyl (C=O) groups is 1. The number of hydroxylamine groups is 2. The summed E-state index contributed by atoms with van der Waals surface area (Å²) in [5, 5.41) is 12.1. The number of rotatable bonds is 1. The number of quaternary nitrogens is 1. The minimum Gasteiger partial charge on any atom is -0.626 e. The molecule has 0 N–H and O–H groups in total. The third-order valence-electron chi connectivity index (χ3n) is 2.89. The maximum atomic E-state index is 12.1. The molecule has 1 aliphatic rings. The Morgan fingerprint density at radius 2 is 2.20 bits per heavy atom. The third-order valence-corrected chi connectivity index (χ3v) is 2.89. The fraction of sp³-hybridized carbons (Fsp3) is 0.364. The predicted octanol–water partition coefficient (Wildman–Crippen LogP) is 1.65. The Hall–Kier alpha value is -1.39. The first-order valence-corrected chi connectivity index (χ1v) is 4.84. The lowest BCUT2D eigenvalue weighted by molar-refractivity contribution is 0.112. The molecule has 1 unspecified atom stereocenters. The largest absolute Gasteiger partial charge is 0.626 e. The maximum absolute atomic E-state index is 12.1. The molecule has 0 fully saturated rings. The number of aldehydes is 1. The highest BCUT2D eigenvalue weighted by molar-refractivity contribution is 5.85. The standard InChI is InChI=1S/C11H14N2O2/c1-8-4-11-10(5-9(8)6-14)12(2)7-13(11,3)15/h4-6H,7H2,1-3H3. The first-order chi connectivity index (χ1) is 6.95. The topological polar surface area (TPSA) is 43.4 Å². The fourth-order valence-electron chi connectivity index (χ4n) is 2.07. The van der Waals surface area contributed by atoms with Gasteiger partial charge in [-0.3, -0.25) is 4.79 Å². The Morgan fingerprint density at radius 3 is 2.80 bits per heavy atom. The van der Waals surface area contributed by atoms with Gasteiger partial charge in [-0.2, -0.15) is 0 Å². The Morgan fingerprint density at radius 1 is 1.53 bits per heavy atom. The van der Waals surface area contributed by atoms with E-state index in [0.717, 1.165) is 23.2 Å².